The molecule has 0 unspecified atom stereocenters. The molecular formula is C4LiN4Ni. The topological polar surface area (TPSA) is 95.2 Å². The summed E-state index contributed by atoms with van der Waals surface area (Å²) in [5.74, 6) is 0. The molecule has 0 heterocycles. The van der Waals surface area contributed by atoms with Gasteiger partial charge in [0.15, 0.2) is 0 Å². The molecular weight excluding hydrogens is 170 g/mol. The van der Waals surface area contributed by atoms with Crippen molar-refractivity contribution in [3.8, 4) is 20.2 Å². The van der Waals surface area contributed by atoms with Crippen molar-refractivity contribution < 1.29 is 31.2 Å². The molecule has 0 aliphatic rings. The first-order chi connectivity index (χ1) is 4.24. The molecule has 4 nitrogen and oxygen atoms in total. The molecule has 6 heteroatoms. The Bertz CT molecular complexity index is 210. The van der Waals surface area contributed by atoms with Gasteiger partial charge in [0.2, 0.25) is 0 Å². The molecule has 0 aromatic carbocycles. The molecule has 0 aliphatic carbocycles. The van der Waals surface area contributed by atoms with Gasteiger partial charge in [-0.1, -0.05) is 0 Å². The molecule has 0 radical (unpaired) electrons. The molecule has 0 aromatic rings. The molecule has 0 fully saturated rings. The van der Waals surface area contributed by atoms with Gasteiger partial charge in [0.1, 0.15) is 0 Å². The second-order valence-electron chi connectivity index (χ2n) is 0.757. The van der Waals surface area contributed by atoms with Crippen molar-refractivity contribution in [3.63, 3.8) is 0 Å². The number of hydrogen-bond donors (Lipinski definition) is 0. The normalized spacial score (nSPS) is 8.40. The van der Waals surface area contributed by atoms with E-state index in [9.17, 15) is 0 Å². The Morgan fingerprint density at radius 3 is 0.900 bits per heavy atom. The molecule has 0 saturated carbocycles. The number of rotatable bonds is 0. The summed E-state index contributed by atoms with van der Waals surface area (Å²) in [5, 5.41) is 37.9. The van der Waals surface area contributed by atoms with Crippen LogP contribution in [0.1, 0.15) is 0 Å². The van der Waals surface area contributed by atoms with E-state index in [1.165, 1.54) is 20.2 Å². The largest absolute Gasteiger partial charge is 1.00 e. The smallest absolute Gasteiger partial charge is 1.00 e. The van der Waals surface area contributed by atoms with Crippen molar-refractivity contribution in [3.05, 3.63) is 0 Å². The first-order valence-electron chi connectivity index (χ1n) is 1.53. The van der Waals surface area contributed by atoms with E-state index in [0.717, 1.165) is 0 Å². The summed E-state index contributed by atoms with van der Waals surface area (Å²) < 4.78 is 0. The van der Waals surface area contributed by atoms with Gasteiger partial charge in [-0.25, -0.2) is 0 Å². The summed E-state index contributed by atoms with van der Waals surface area (Å²) in [6, 6.07) is 0. The average Bonchev–Trinajstić information content (AvgIpc) is 1.95. The van der Waals surface area contributed by atoms with Crippen LogP contribution in [0, 0.1) is 41.2 Å². The van der Waals surface area contributed by atoms with Crippen LogP contribution in [0.15, 0.2) is 0 Å². The van der Waals surface area contributed by atoms with Crippen LogP contribution in [0.3, 0.4) is 0 Å². The second-order valence-corrected chi connectivity index (χ2v) is 3.12. The third kappa shape index (κ3) is 2.11. The van der Waals surface area contributed by atoms with E-state index in [-0.39, 0.29) is 18.9 Å². The van der Waals surface area contributed by atoms with Crippen molar-refractivity contribution in [1.82, 2.24) is 0 Å². The number of hydrogen-bond acceptors (Lipinski definition) is 4. The van der Waals surface area contributed by atoms with Crippen LogP contribution in [-0.4, -0.2) is 0 Å². The summed E-state index contributed by atoms with van der Waals surface area (Å²) in [6.07, 6.45) is 0. The van der Waals surface area contributed by atoms with E-state index < -0.39 is 12.4 Å². The Kier molecular flexibility index (Phi) is 5.77. The van der Waals surface area contributed by atoms with Gasteiger partial charge >= 0.3 is 72.5 Å². The summed E-state index contributed by atoms with van der Waals surface area (Å²) in [5.41, 5.74) is 0. The minimum absolute atomic E-state index is 0. The second kappa shape index (κ2) is 4.89. The quantitative estimate of drug-likeness (QED) is 0.363. The third-order valence-corrected chi connectivity index (χ3v) is 1.75. The predicted octanol–water partition coefficient (Wildman–Crippen LogP) is -2.93. The van der Waals surface area contributed by atoms with E-state index >= 15 is 0 Å². The van der Waals surface area contributed by atoms with Crippen LogP contribution < -0.4 is 18.9 Å². The van der Waals surface area contributed by atoms with Crippen molar-refractivity contribution >= 4 is 0 Å². The van der Waals surface area contributed by atoms with Gasteiger partial charge in [0.25, 0.3) is 0 Å². The van der Waals surface area contributed by atoms with Crippen LogP contribution in [0.2, 0.25) is 0 Å². The average molecular weight is 170 g/mol. The molecule has 0 N–H and O–H groups in total. The number of nitriles is 4. The van der Waals surface area contributed by atoms with Crippen molar-refractivity contribution in [2.45, 2.75) is 0 Å². The Morgan fingerprint density at radius 1 is 0.700 bits per heavy atom. The minimum atomic E-state index is -3.03. The maximum atomic E-state index is 8.10. The van der Waals surface area contributed by atoms with Crippen LogP contribution in [0.25, 0.3) is 0 Å². The Morgan fingerprint density at radius 2 is 0.900 bits per heavy atom. The van der Waals surface area contributed by atoms with E-state index in [1.54, 1.807) is 0 Å². The molecule has 0 aromatic heterocycles. The minimum Gasteiger partial charge on any atom is 1.00 e. The summed E-state index contributed by atoms with van der Waals surface area (Å²) in [6.45, 7) is 0. The van der Waals surface area contributed by atoms with E-state index in [2.05, 4.69) is 0 Å². The Labute approximate surface area is 72.5 Å². The van der Waals surface area contributed by atoms with Crippen LogP contribution in [0.4, 0.5) is 0 Å². The van der Waals surface area contributed by atoms with E-state index in [0.29, 0.717) is 0 Å². The molecule has 0 amide bonds. The molecule has 10 heavy (non-hydrogen) atoms. The van der Waals surface area contributed by atoms with Crippen molar-refractivity contribution in [2.75, 3.05) is 0 Å². The predicted molar refractivity (Wildman–Crippen MR) is 22.5 cm³/mol. The van der Waals surface area contributed by atoms with Gasteiger partial charge in [-0.05, 0) is 0 Å². The maximum absolute atomic E-state index is 8.10. The standard InChI is InChI=1S/4CN.Li.Ni/c4*1-2;;/q;;;;+1;-1. The van der Waals surface area contributed by atoms with Gasteiger partial charge in [-0.15, -0.1) is 0 Å². The molecule has 0 rings (SSSR count). The molecule has 0 saturated heterocycles. The molecule has 0 spiro atoms. The fraction of sp³-hybridized carbons (Fsp3) is 0. The molecule has 0 bridgehead atoms. The van der Waals surface area contributed by atoms with Crippen LogP contribution in [-0.2, 0) is 12.4 Å². The van der Waals surface area contributed by atoms with Gasteiger partial charge in [-0.3, -0.25) is 0 Å². The molecule has 0 aliphatic heterocycles. The molecule has 47 valence electrons. The Hall–Kier alpha value is -0.949. The van der Waals surface area contributed by atoms with Gasteiger partial charge in [0.05, 0.1) is 0 Å². The molecule has 0 atom stereocenters. The van der Waals surface area contributed by atoms with E-state index in [1.807, 2.05) is 0 Å². The Balaban J connectivity index is 0. The zero-order chi connectivity index (χ0) is 7.33. The maximum Gasteiger partial charge on any atom is 1.00 e. The summed E-state index contributed by atoms with van der Waals surface area (Å²) in [4.78, 5) is 0. The van der Waals surface area contributed by atoms with Crippen molar-refractivity contribution in [1.29, 1.82) is 21.0 Å². The summed E-state index contributed by atoms with van der Waals surface area (Å²) >= 11 is -3.03. The first kappa shape index (κ1) is 11.8. The zero-order valence-corrected chi connectivity index (χ0v) is 6.09. The third-order valence-electron chi connectivity index (χ3n) is 0.424. The monoisotopic (exact) mass is 169 g/mol. The SMILES string of the molecule is N#[C][Ni-]([C]#N)([C]#N)[C]#N.[Li+]. The first-order valence-corrected chi connectivity index (χ1v) is 3.50. The fourth-order valence-electron chi connectivity index (χ4n) is 0.0949. The number of nitrogens with zero attached hydrogens (tertiary/aromatic N) is 4. The van der Waals surface area contributed by atoms with Gasteiger partial charge in [-0.2, -0.15) is 0 Å². The van der Waals surface area contributed by atoms with Crippen LogP contribution in [0.5, 0.6) is 0 Å². The van der Waals surface area contributed by atoms with Crippen molar-refractivity contribution in [2.24, 2.45) is 0 Å². The summed E-state index contributed by atoms with van der Waals surface area (Å²) in [7, 11) is 0. The van der Waals surface area contributed by atoms with E-state index in [4.69, 9.17) is 21.0 Å². The van der Waals surface area contributed by atoms with Crippen LogP contribution >= 0.6 is 0 Å². The van der Waals surface area contributed by atoms with Gasteiger partial charge < -0.3 is 0 Å². The zero-order valence-electron chi connectivity index (χ0n) is 5.11. The van der Waals surface area contributed by atoms with Gasteiger partial charge in [0, 0.05) is 0 Å². The fourth-order valence-corrected chi connectivity index (χ4v) is 0.391.